The molecule has 0 aliphatic carbocycles. The van der Waals surface area contributed by atoms with E-state index in [0.29, 0.717) is 19.5 Å². The molecule has 0 heterocycles. The first-order valence-corrected chi connectivity index (χ1v) is 7.89. The third-order valence-electron chi connectivity index (χ3n) is 3.70. The average molecular weight is 312 g/mol. The van der Waals surface area contributed by atoms with Crippen molar-refractivity contribution in [3.05, 3.63) is 77.0 Å². The van der Waals surface area contributed by atoms with Gasteiger partial charge in [-0.1, -0.05) is 60.7 Å². The summed E-state index contributed by atoms with van der Waals surface area (Å²) in [6, 6.07) is 19.5. The summed E-state index contributed by atoms with van der Waals surface area (Å²) in [6.07, 6.45) is 0.665. The first-order chi connectivity index (χ1) is 11.0. The van der Waals surface area contributed by atoms with E-state index in [4.69, 9.17) is 0 Å². The molecule has 0 aliphatic heterocycles. The zero-order chi connectivity index (χ0) is 16.7. The van der Waals surface area contributed by atoms with Crippen molar-refractivity contribution in [1.29, 1.82) is 0 Å². The number of nitrogens with zero attached hydrogens (tertiary/aromatic N) is 1. The Kier molecular flexibility index (Phi) is 5.90. The molecular weight excluding hydrogens is 288 g/mol. The maximum Gasteiger partial charge on any atom is 0.232 e. The molecule has 0 saturated carbocycles. The largest absolute Gasteiger partial charge is 0.633 e. The van der Waals surface area contributed by atoms with Gasteiger partial charge in [0.25, 0.3) is 0 Å². The number of nitrogens with one attached hydrogen (secondary N) is 1. The predicted molar refractivity (Wildman–Crippen MR) is 92.7 cm³/mol. The molecule has 0 bridgehead atoms. The second kappa shape index (κ2) is 7.90. The van der Waals surface area contributed by atoms with Crippen LogP contribution >= 0.6 is 0 Å². The topological polar surface area (TPSA) is 52.2 Å². The van der Waals surface area contributed by atoms with Crippen molar-refractivity contribution in [2.75, 3.05) is 27.2 Å². The van der Waals surface area contributed by atoms with Gasteiger partial charge in [-0.15, -0.1) is 0 Å². The van der Waals surface area contributed by atoms with E-state index in [1.54, 1.807) is 14.1 Å². The van der Waals surface area contributed by atoms with Gasteiger partial charge in [-0.3, -0.25) is 4.79 Å². The molecule has 0 spiro atoms. The van der Waals surface area contributed by atoms with Gasteiger partial charge in [0.2, 0.25) is 5.91 Å². The molecule has 122 valence electrons. The molecule has 2 aromatic carbocycles. The van der Waals surface area contributed by atoms with E-state index in [9.17, 15) is 10.0 Å². The molecular formula is C19H24N2O2. The maximum absolute atomic E-state index is 12.7. The fraction of sp³-hybridized carbons (Fsp3) is 0.316. The van der Waals surface area contributed by atoms with Gasteiger partial charge < -0.3 is 15.2 Å². The lowest BCUT2D eigenvalue weighted by Crippen LogP contribution is -2.37. The van der Waals surface area contributed by atoms with Gasteiger partial charge in [0.15, 0.2) is 0 Å². The van der Waals surface area contributed by atoms with E-state index < -0.39 is 0 Å². The molecule has 1 N–H and O–H groups in total. The lowest BCUT2D eigenvalue weighted by atomic mass is 9.90. The van der Waals surface area contributed by atoms with Gasteiger partial charge in [-0.2, -0.15) is 0 Å². The Bertz CT molecular complexity index is 567. The van der Waals surface area contributed by atoms with E-state index in [0.717, 1.165) is 11.1 Å². The molecule has 0 saturated heterocycles. The Hall–Kier alpha value is -2.17. The van der Waals surface area contributed by atoms with E-state index >= 15 is 0 Å². The molecule has 0 radical (unpaired) electrons. The minimum Gasteiger partial charge on any atom is -0.633 e. The summed E-state index contributed by atoms with van der Waals surface area (Å²) < 4.78 is -0.337. The van der Waals surface area contributed by atoms with Gasteiger partial charge in [0.05, 0.1) is 26.6 Å². The quantitative estimate of drug-likeness (QED) is 0.485. The van der Waals surface area contributed by atoms with Crippen LogP contribution in [0.1, 0.15) is 23.5 Å². The van der Waals surface area contributed by atoms with Crippen LogP contribution in [0.15, 0.2) is 60.7 Å². The van der Waals surface area contributed by atoms with Crippen LogP contribution in [-0.2, 0) is 4.79 Å². The molecule has 0 fully saturated rings. The molecule has 2 aromatic rings. The molecule has 0 atom stereocenters. The van der Waals surface area contributed by atoms with E-state index in [1.165, 1.54) is 0 Å². The molecule has 1 amide bonds. The summed E-state index contributed by atoms with van der Waals surface area (Å²) in [6.45, 7) is 1.00. The Balaban J connectivity index is 2.07. The highest BCUT2D eigenvalue weighted by Crippen LogP contribution is 2.24. The summed E-state index contributed by atoms with van der Waals surface area (Å²) >= 11 is 0. The molecule has 0 aromatic heterocycles. The number of hydrogen-bond acceptors (Lipinski definition) is 2. The Morgan fingerprint density at radius 3 is 1.91 bits per heavy atom. The third kappa shape index (κ3) is 5.51. The number of carbonyl (C=O) groups is 1. The number of rotatable bonds is 7. The zero-order valence-corrected chi connectivity index (χ0v) is 13.7. The van der Waals surface area contributed by atoms with Crippen molar-refractivity contribution in [2.45, 2.75) is 12.3 Å². The fourth-order valence-corrected chi connectivity index (χ4v) is 2.56. The van der Waals surface area contributed by atoms with Gasteiger partial charge in [0, 0.05) is 13.0 Å². The standard InChI is InChI=1S/C19H24N2O2/c1-21(2,23)15-9-14-20-19(22)18(16-10-5-3-6-11-16)17-12-7-4-8-13-17/h3-8,10-13,18H,9,14-15H2,1-2H3,(H,20,22). The first-order valence-electron chi connectivity index (χ1n) is 7.89. The fourth-order valence-electron chi connectivity index (χ4n) is 2.56. The average Bonchev–Trinajstić information content (AvgIpc) is 2.53. The number of hydroxylamine groups is 3. The van der Waals surface area contributed by atoms with Crippen molar-refractivity contribution in [2.24, 2.45) is 0 Å². The third-order valence-corrected chi connectivity index (χ3v) is 3.70. The zero-order valence-electron chi connectivity index (χ0n) is 13.7. The van der Waals surface area contributed by atoms with Gasteiger partial charge >= 0.3 is 0 Å². The predicted octanol–water partition coefficient (Wildman–Crippen LogP) is 2.90. The van der Waals surface area contributed by atoms with Gasteiger partial charge in [-0.25, -0.2) is 0 Å². The van der Waals surface area contributed by atoms with E-state index in [2.05, 4.69) is 5.32 Å². The highest BCUT2D eigenvalue weighted by molar-refractivity contribution is 5.87. The summed E-state index contributed by atoms with van der Waals surface area (Å²) in [5, 5.41) is 14.5. The van der Waals surface area contributed by atoms with Gasteiger partial charge in [-0.05, 0) is 11.1 Å². The van der Waals surface area contributed by atoms with Crippen molar-refractivity contribution in [1.82, 2.24) is 5.32 Å². The maximum atomic E-state index is 12.7. The molecule has 4 heteroatoms. The highest BCUT2D eigenvalue weighted by atomic mass is 16.5. The van der Waals surface area contributed by atoms with Crippen LogP contribution in [0, 0.1) is 5.21 Å². The highest BCUT2D eigenvalue weighted by Gasteiger charge is 2.22. The van der Waals surface area contributed by atoms with Crippen LogP contribution in [0.4, 0.5) is 0 Å². The molecule has 0 aliphatic rings. The van der Waals surface area contributed by atoms with Crippen molar-refractivity contribution >= 4 is 5.91 Å². The molecule has 23 heavy (non-hydrogen) atoms. The van der Waals surface area contributed by atoms with E-state index in [1.807, 2.05) is 60.7 Å². The van der Waals surface area contributed by atoms with Crippen molar-refractivity contribution < 1.29 is 9.44 Å². The van der Waals surface area contributed by atoms with Gasteiger partial charge in [0.1, 0.15) is 0 Å². The number of carbonyl (C=O) groups excluding carboxylic acids is 1. The second-order valence-corrected chi connectivity index (χ2v) is 6.20. The lowest BCUT2D eigenvalue weighted by molar-refractivity contribution is -0.840. The smallest absolute Gasteiger partial charge is 0.232 e. The SMILES string of the molecule is C[N+](C)([O-])CCCNC(=O)C(c1ccccc1)c1ccccc1. The summed E-state index contributed by atoms with van der Waals surface area (Å²) in [4.78, 5) is 12.7. The number of amides is 1. The minimum atomic E-state index is -0.337. The number of benzene rings is 2. The minimum absolute atomic E-state index is 0.0291. The van der Waals surface area contributed by atoms with Crippen LogP contribution in [-0.4, -0.2) is 37.7 Å². The second-order valence-electron chi connectivity index (χ2n) is 6.20. The first kappa shape index (κ1) is 17.2. The molecule has 4 nitrogen and oxygen atoms in total. The van der Waals surface area contributed by atoms with Crippen LogP contribution in [0.5, 0.6) is 0 Å². The summed E-state index contributed by atoms with van der Waals surface area (Å²) in [7, 11) is 3.22. The monoisotopic (exact) mass is 312 g/mol. The van der Waals surface area contributed by atoms with Crippen LogP contribution in [0.2, 0.25) is 0 Å². The van der Waals surface area contributed by atoms with Crippen LogP contribution in [0.25, 0.3) is 0 Å². The normalized spacial score (nSPS) is 11.5. The Morgan fingerprint density at radius 1 is 1.00 bits per heavy atom. The summed E-state index contributed by atoms with van der Waals surface area (Å²) in [5.41, 5.74) is 1.94. The van der Waals surface area contributed by atoms with E-state index in [-0.39, 0.29) is 16.5 Å². The molecule has 2 rings (SSSR count). The van der Waals surface area contributed by atoms with Crippen LogP contribution in [0.3, 0.4) is 0 Å². The Morgan fingerprint density at radius 2 is 1.48 bits per heavy atom. The number of quaternary nitrogens is 1. The number of hydrogen-bond donors (Lipinski definition) is 1. The van der Waals surface area contributed by atoms with Crippen molar-refractivity contribution in [3.8, 4) is 0 Å². The van der Waals surface area contributed by atoms with Crippen LogP contribution < -0.4 is 5.32 Å². The Labute approximate surface area is 137 Å². The molecule has 0 unspecified atom stereocenters. The summed E-state index contributed by atoms with van der Waals surface area (Å²) in [5.74, 6) is -0.356. The lowest BCUT2D eigenvalue weighted by Gasteiger charge is -2.33. The van der Waals surface area contributed by atoms with Crippen molar-refractivity contribution in [3.63, 3.8) is 0 Å².